The molecule has 2 heteroatoms. The Morgan fingerprint density at radius 2 is 2.09 bits per heavy atom. The van der Waals surface area contributed by atoms with Gasteiger partial charge in [-0.2, -0.15) is 0 Å². The van der Waals surface area contributed by atoms with Gasteiger partial charge < -0.3 is 0 Å². The van der Waals surface area contributed by atoms with Crippen LogP contribution >= 0.6 is 27.5 Å². The predicted octanol–water partition coefficient (Wildman–Crippen LogP) is 3.79. The van der Waals surface area contributed by atoms with E-state index in [-0.39, 0.29) is 0 Å². The Labute approximate surface area is 80.7 Å². The molecule has 0 nitrogen and oxygen atoms in total. The number of benzene rings is 1. The van der Waals surface area contributed by atoms with Crippen LogP contribution in [0.3, 0.4) is 0 Å². The predicted molar refractivity (Wildman–Crippen MR) is 53.3 cm³/mol. The number of halogens is 2. The molecule has 0 saturated carbocycles. The molecule has 1 rings (SSSR count). The van der Waals surface area contributed by atoms with E-state index in [0.29, 0.717) is 11.8 Å². The van der Waals surface area contributed by atoms with Crippen molar-refractivity contribution in [2.75, 3.05) is 5.88 Å². The molecule has 0 amide bonds. The second-order valence-electron chi connectivity index (χ2n) is 2.58. The minimum Gasteiger partial charge on any atom is -0.126 e. The number of hydrogen-bond acceptors (Lipinski definition) is 0. The summed E-state index contributed by atoms with van der Waals surface area (Å²) in [5.41, 5.74) is 1.28. The van der Waals surface area contributed by atoms with Crippen molar-refractivity contribution in [3.8, 4) is 0 Å². The molecule has 60 valence electrons. The van der Waals surface area contributed by atoms with Crippen molar-refractivity contribution in [2.45, 2.75) is 12.8 Å². The van der Waals surface area contributed by atoms with Crippen LogP contribution in [0.1, 0.15) is 18.4 Å². The number of hydrogen-bond donors (Lipinski definition) is 0. The maximum absolute atomic E-state index is 5.74. The Balaban J connectivity index is 2.93. The fourth-order valence-electron chi connectivity index (χ4n) is 0.958. The molecule has 1 atom stereocenters. The molecule has 0 aliphatic heterocycles. The van der Waals surface area contributed by atoms with E-state index in [0.717, 1.165) is 4.47 Å². The molecule has 0 spiro atoms. The highest BCUT2D eigenvalue weighted by molar-refractivity contribution is 9.10. The van der Waals surface area contributed by atoms with Gasteiger partial charge in [-0.1, -0.05) is 41.1 Å². The normalized spacial score (nSPS) is 13.0. The SMILES string of the molecule is CC(CCl)c1ccccc1Br. The molecule has 0 aliphatic carbocycles. The molecule has 0 bridgehead atoms. The monoisotopic (exact) mass is 232 g/mol. The first-order chi connectivity index (χ1) is 5.25. The van der Waals surface area contributed by atoms with Crippen molar-refractivity contribution in [3.05, 3.63) is 34.3 Å². The van der Waals surface area contributed by atoms with Crippen molar-refractivity contribution in [3.63, 3.8) is 0 Å². The van der Waals surface area contributed by atoms with E-state index < -0.39 is 0 Å². The van der Waals surface area contributed by atoms with Crippen molar-refractivity contribution >= 4 is 27.5 Å². The highest BCUT2D eigenvalue weighted by Crippen LogP contribution is 2.24. The van der Waals surface area contributed by atoms with Crippen molar-refractivity contribution in [1.82, 2.24) is 0 Å². The minimum atomic E-state index is 0.423. The van der Waals surface area contributed by atoms with Crippen LogP contribution in [-0.4, -0.2) is 5.88 Å². The summed E-state index contributed by atoms with van der Waals surface area (Å²) in [5, 5.41) is 0. The highest BCUT2D eigenvalue weighted by atomic mass is 79.9. The van der Waals surface area contributed by atoms with Crippen LogP contribution in [-0.2, 0) is 0 Å². The van der Waals surface area contributed by atoms with Gasteiger partial charge in [0, 0.05) is 10.4 Å². The maximum Gasteiger partial charge on any atom is 0.0290 e. The standard InChI is InChI=1S/C9H10BrCl/c1-7(6-11)8-4-2-3-5-9(8)10/h2-5,7H,6H2,1H3. The smallest absolute Gasteiger partial charge is 0.0290 e. The summed E-state index contributed by atoms with van der Waals surface area (Å²) in [4.78, 5) is 0. The fraction of sp³-hybridized carbons (Fsp3) is 0.333. The third kappa shape index (κ3) is 2.21. The Morgan fingerprint density at radius 1 is 1.45 bits per heavy atom. The fourth-order valence-corrected chi connectivity index (χ4v) is 1.80. The van der Waals surface area contributed by atoms with Crippen LogP contribution in [0.25, 0.3) is 0 Å². The van der Waals surface area contributed by atoms with Crippen LogP contribution < -0.4 is 0 Å². The summed E-state index contributed by atoms with van der Waals surface area (Å²) in [7, 11) is 0. The van der Waals surface area contributed by atoms with Gasteiger partial charge in [0.1, 0.15) is 0 Å². The van der Waals surface area contributed by atoms with Gasteiger partial charge in [-0.05, 0) is 17.5 Å². The Bertz CT molecular complexity index is 235. The van der Waals surface area contributed by atoms with Gasteiger partial charge in [0.25, 0.3) is 0 Å². The van der Waals surface area contributed by atoms with Gasteiger partial charge in [-0.25, -0.2) is 0 Å². The summed E-state index contributed by atoms with van der Waals surface area (Å²) in [6.45, 7) is 2.12. The van der Waals surface area contributed by atoms with Crippen molar-refractivity contribution in [1.29, 1.82) is 0 Å². The zero-order valence-electron chi connectivity index (χ0n) is 6.35. The van der Waals surface area contributed by atoms with Gasteiger partial charge >= 0.3 is 0 Å². The topological polar surface area (TPSA) is 0 Å². The van der Waals surface area contributed by atoms with E-state index >= 15 is 0 Å². The summed E-state index contributed by atoms with van der Waals surface area (Å²) >= 11 is 9.22. The Hall–Kier alpha value is -0.0100. The lowest BCUT2D eigenvalue weighted by molar-refractivity contribution is 0.869. The Kier molecular flexibility index (Phi) is 3.41. The summed E-state index contributed by atoms with van der Waals surface area (Å²) in [5.74, 6) is 1.09. The van der Waals surface area contributed by atoms with Gasteiger partial charge in [-0.3, -0.25) is 0 Å². The summed E-state index contributed by atoms with van der Waals surface area (Å²) in [6, 6.07) is 8.17. The highest BCUT2D eigenvalue weighted by Gasteiger charge is 2.05. The third-order valence-corrected chi connectivity index (χ3v) is 2.85. The van der Waals surface area contributed by atoms with Crippen LogP contribution in [0.4, 0.5) is 0 Å². The van der Waals surface area contributed by atoms with E-state index in [1.165, 1.54) is 5.56 Å². The van der Waals surface area contributed by atoms with E-state index in [9.17, 15) is 0 Å². The average Bonchev–Trinajstić information content (AvgIpc) is 2.04. The van der Waals surface area contributed by atoms with Crippen molar-refractivity contribution < 1.29 is 0 Å². The lowest BCUT2D eigenvalue weighted by Gasteiger charge is -2.08. The molecule has 0 saturated heterocycles. The van der Waals surface area contributed by atoms with E-state index in [4.69, 9.17) is 11.6 Å². The van der Waals surface area contributed by atoms with Crippen LogP contribution in [0.5, 0.6) is 0 Å². The van der Waals surface area contributed by atoms with Crippen LogP contribution in [0.2, 0.25) is 0 Å². The first-order valence-corrected chi connectivity index (χ1v) is 4.89. The maximum atomic E-state index is 5.74. The molecule has 0 N–H and O–H groups in total. The Morgan fingerprint density at radius 3 is 2.64 bits per heavy atom. The molecule has 0 aliphatic rings. The molecule has 1 aromatic rings. The number of alkyl halides is 1. The molecule has 0 radical (unpaired) electrons. The number of rotatable bonds is 2. The largest absolute Gasteiger partial charge is 0.126 e. The molecular weight excluding hydrogens is 223 g/mol. The molecule has 0 aromatic heterocycles. The third-order valence-electron chi connectivity index (χ3n) is 1.67. The second kappa shape index (κ2) is 4.13. The second-order valence-corrected chi connectivity index (χ2v) is 3.74. The van der Waals surface area contributed by atoms with E-state index in [1.54, 1.807) is 0 Å². The van der Waals surface area contributed by atoms with E-state index in [1.807, 2.05) is 18.2 Å². The molecule has 11 heavy (non-hydrogen) atoms. The van der Waals surface area contributed by atoms with Crippen molar-refractivity contribution in [2.24, 2.45) is 0 Å². The van der Waals surface area contributed by atoms with Gasteiger partial charge in [-0.15, -0.1) is 11.6 Å². The first-order valence-electron chi connectivity index (χ1n) is 3.56. The molecule has 1 aromatic carbocycles. The first kappa shape index (κ1) is 9.08. The van der Waals surface area contributed by atoms with E-state index in [2.05, 4.69) is 28.9 Å². The molecule has 1 unspecified atom stereocenters. The zero-order valence-corrected chi connectivity index (χ0v) is 8.69. The average molecular weight is 234 g/mol. The quantitative estimate of drug-likeness (QED) is 0.682. The van der Waals surface area contributed by atoms with Gasteiger partial charge in [0.05, 0.1) is 0 Å². The molecule has 0 heterocycles. The summed E-state index contributed by atoms with van der Waals surface area (Å²) < 4.78 is 1.15. The minimum absolute atomic E-state index is 0.423. The van der Waals surface area contributed by atoms with Gasteiger partial charge in [0.2, 0.25) is 0 Å². The molecule has 0 fully saturated rings. The van der Waals surface area contributed by atoms with Crippen LogP contribution in [0.15, 0.2) is 28.7 Å². The molecular formula is C9H10BrCl. The lowest BCUT2D eigenvalue weighted by Crippen LogP contribution is -1.94. The lowest BCUT2D eigenvalue weighted by atomic mass is 10.0. The zero-order chi connectivity index (χ0) is 8.27. The van der Waals surface area contributed by atoms with Gasteiger partial charge in [0.15, 0.2) is 0 Å². The van der Waals surface area contributed by atoms with Crippen LogP contribution in [0, 0.1) is 0 Å². The summed E-state index contributed by atoms with van der Waals surface area (Å²) in [6.07, 6.45) is 0.